The van der Waals surface area contributed by atoms with E-state index in [1.54, 1.807) is 23.9 Å². The Labute approximate surface area is 114 Å². The minimum absolute atomic E-state index is 0.234. The van der Waals surface area contributed by atoms with Gasteiger partial charge in [-0.1, -0.05) is 5.16 Å². The number of nitrogens with zero attached hydrogens (tertiary/aromatic N) is 2. The summed E-state index contributed by atoms with van der Waals surface area (Å²) in [6.07, 6.45) is 1.53. The van der Waals surface area contributed by atoms with Crippen molar-refractivity contribution in [1.29, 1.82) is 0 Å². The molecular weight excluding hydrogens is 275 g/mol. The molecule has 0 saturated carbocycles. The van der Waals surface area contributed by atoms with Gasteiger partial charge in [0.25, 0.3) is 0 Å². The van der Waals surface area contributed by atoms with Gasteiger partial charge in [0.1, 0.15) is 5.82 Å². The summed E-state index contributed by atoms with van der Waals surface area (Å²) >= 11 is 7.13. The minimum Gasteiger partial charge on any atom is -0.339 e. The van der Waals surface area contributed by atoms with E-state index in [1.807, 2.05) is 0 Å². The normalized spacial score (nSPS) is 10.8. The van der Waals surface area contributed by atoms with Crippen LogP contribution in [0, 0.1) is 5.82 Å². The smallest absolute Gasteiger partial charge is 0.226 e. The van der Waals surface area contributed by atoms with Gasteiger partial charge in [0.2, 0.25) is 5.89 Å². The van der Waals surface area contributed by atoms with Crippen molar-refractivity contribution in [3.05, 3.63) is 41.8 Å². The molecule has 96 valence electrons. The van der Waals surface area contributed by atoms with Gasteiger partial charge >= 0.3 is 0 Å². The Kier molecular flexibility index (Phi) is 5.01. The Morgan fingerprint density at radius 1 is 1.28 bits per heavy atom. The first-order valence-electron chi connectivity index (χ1n) is 5.54. The van der Waals surface area contributed by atoms with Gasteiger partial charge in [0.05, 0.1) is 5.75 Å². The van der Waals surface area contributed by atoms with E-state index in [0.717, 1.165) is 11.3 Å². The largest absolute Gasteiger partial charge is 0.339 e. The molecule has 0 fully saturated rings. The standard InChI is InChI=1S/C12H12ClFN2OS/c13-7-1-2-12-15-11(16-17-12)8-18-10-5-3-9(14)4-6-10/h3-6H,1-2,7-8H2. The molecular formula is C12H12ClFN2OS. The van der Waals surface area contributed by atoms with Crippen LogP contribution in [0.25, 0.3) is 0 Å². The highest BCUT2D eigenvalue weighted by molar-refractivity contribution is 7.98. The molecule has 0 radical (unpaired) electrons. The Hall–Kier alpha value is -1.07. The SMILES string of the molecule is Fc1ccc(SCc2noc(CCCCl)n2)cc1. The predicted molar refractivity (Wildman–Crippen MR) is 69.3 cm³/mol. The summed E-state index contributed by atoms with van der Waals surface area (Å²) in [5, 5.41) is 3.88. The van der Waals surface area contributed by atoms with Crippen LogP contribution in [0.4, 0.5) is 4.39 Å². The zero-order chi connectivity index (χ0) is 12.8. The maximum Gasteiger partial charge on any atom is 0.226 e. The van der Waals surface area contributed by atoms with Gasteiger partial charge in [-0.3, -0.25) is 0 Å². The van der Waals surface area contributed by atoms with E-state index >= 15 is 0 Å². The third-order valence-corrected chi connectivity index (χ3v) is 3.49. The van der Waals surface area contributed by atoms with Crippen LogP contribution < -0.4 is 0 Å². The molecule has 1 aromatic heterocycles. The number of rotatable bonds is 6. The van der Waals surface area contributed by atoms with E-state index < -0.39 is 0 Å². The van der Waals surface area contributed by atoms with Crippen LogP contribution in [-0.2, 0) is 12.2 Å². The third kappa shape index (κ3) is 3.99. The topological polar surface area (TPSA) is 38.9 Å². The van der Waals surface area contributed by atoms with Crippen molar-refractivity contribution < 1.29 is 8.91 Å². The summed E-state index contributed by atoms with van der Waals surface area (Å²) in [5.74, 6) is 2.22. The highest BCUT2D eigenvalue weighted by atomic mass is 35.5. The molecule has 3 nitrogen and oxygen atoms in total. The van der Waals surface area contributed by atoms with Crippen LogP contribution in [0.2, 0.25) is 0 Å². The summed E-state index contributed by atoms with van der Waals surface area (Å²) < 4.78 is 17.8. The molecule has 0 atom stereocenters. The molecule has 0 aliphatic rings. The van der Waals surface area contributed by atoms with Crippen molar-refractivity contribution >= 4 is 23.4 Å². The highest BCUT2D eigenvalue weighted by Crippen LogP contribution is 2.21. The first-order valence-corrected chi connectivity index (χ1v) is 7.06. The third-order valence-electron chi connectivity index (χ3n) is 2.22. The van der Waals surface area contributed by atoms with Crippen molar-refractivity contribution in [1.82, 2.24) is 10.1 Å². The molecule has 1 heterocycles. The Morgan fingerprint density at radius 2 is 2.06 bits per heavy atom. The molecule has 0 spiro atoms. The second-order valence-electron chi connectivity index (χ2n) is 3.64. The molecule has 18 heavy (non-hydrogen) atoms. The molecule has 0 bridgehead atoms. The summed E-state index contributed by atoms with van der Waals surface area (Å²) in [5.41, 5.74) is 0. The van der Waals surface area contributed by atoms with E-state index in [1.165, 1.54) is 12.1 Å². The van der Waals surface area contributed by atoms with Gasteiger partial charge in [0, 0.05) is 17.2 Å². The highest BCUT2D eigenvalue weighted by Gasteiger charge is 2.06. The quantitative estimate of drug-likeness (QED) is 0.600. The molecule has 0 N–H and O–H groups in total. The molecule has 2 rings (SSSR count). The molecule has 1 aromatic carbocycles. The number of halogens is 2. The number of aromatic nitrogens is 2. The van der Waals surface area contributed by atoms with E-state index in [9.17, 15) is 4.39 Å². The zero-order valence-corrected chi connectivity index (χ0v) is 11.2. The van der Waals surface area contributed by atoms with Gasteiger partial charge < -0.3 is 4.52 Å². The first-order chi connectivity index (χ1) is 8.78. The second kappa shape index (κ2) is 6.75. The summed E-state index contributed by atoms with van der Waals surface area (Å²) in [7, 11) is 0. The van der Waals surface area contributed by atoms with Gasteiger partial charge in [-0.2, -0.15) is 4.98 Å². The van der Waals surface area contributed by atoms with Crippen LogP contribution in [0.5, 0.6) is 0 Å². The van der Waals surface area contributed by atoms with Gasteiger partial charge in [-0.25, -0.2) is 4.39 Å². The van der Waals surface area contributed by atoms with E-state index in [0.29, 0.717) is 29.8 Å². The van der Waals surface area contributed by atoms with Crippen molar-refractivity contribution in [2.24, 2.45) is 0 Å². The monoisotopic (exact) mass is 286 g/mol. The summed E-state index contributed by atoms with van der Waals surface area (Å²) in [6.45, 7) is 0. The van der Waals surface area contributed by atoms with Crippen molar-refractivity contribution in [2.75, 3.05) is 5.88 Å². The summed E-state index contributed by atoms with van der Waals surface area (Å²) in [6, 6.07) is 6.33. The number of thioether (sulfide) groups is 1. The average molecular weight is 287 g/mol. The van der Waals surface area contributed by atoms with Crippen LogP contribution in [0.15, 0.2) is 33.7 Å². The lowest BCUT2D eigenvalue weighted by molar-refractivity contribution is 0.373. The predicted octanol–water partition coefficient (Wildman–Crippen LogP) is 3.67. The second-order valence-corrected chi connectivity index (χ2v) is 5.07. The Balaban J connectivity index is 1.86. The molecule has 0 unspecified atom stereocenters. The van der Waals surface area contributed by atoms with Crippen molar-refractivity contribution in [3.8, 4) is 0 Å². The molecule has 0 aliphatic carbocycles. The lowest BCUT2D eigenvalue weighted by atomic mass is 10.3. The number of aryl methyl sites for hydroxylation is 1. The fourth-order valence-corrected chi connectivity index (χ4v) is 2.22. The first kappa shape index (κ1) is 13.4. The maximum atomic E-state index is 12.7. The molecule has 0 amide bonds. The van der Waals surface area contributed by atoms with Crippen LogP contribution in [0.1, 0.15) is 18.1 Å². The van der Waals surface area contributed by atoms with Gasteiger partial charge in [-0.05, 0) is 30.7 Å². The van der Waals surface area contributed by atoms with Gasteiger partial charge in [-0.15, -0.1) is 23.4 Å². The molecule has 0 aliphatic heterocycles. The van der Waals surface area contributed by atoms with Crippen molar-refractivity contribution in [3.63, 3.8) is 0 Å². The molecule has 0 saturated heterocycles. The van der Waals surface area contributed by atoms with Crippen molar-refractivity contribution in [2.45, 2.75) is 23.5 Å². The molecule has 6 heteroatoms. The minimum atomic E-state index is -0.234. The lowest BCUT2D eigenvalue weighted by Crippen LogP contribution is -1.88. The number of alkyl halides is 1. The fourth-order valence-electron chi connectivity index (χ4n) is 1.35. The van der Waals surface area contributed by atoms with Crippen LogP contribution in [-0.4, -0.2) is 16.0 Å². The average Bonchev–Trinajstić information content (AvgIpc) is 2.84. The number of hydrogen-bond acceptors (Lipinski definition) is 4. The van der Waals surface area contributed by atoms with E-state index in [-0.39, 0.29) is 5.82 Å². The zero-order valence-electron chi connectivity index (χ0n) is 9.60. The van der Waals surface area contributed by atoms with Gasteiger partial charge in [0.15, 0.2) is 5.82 Å². The number of hydrogen-bond donors (Lipinski definition) is 0. The van der Waals surface area contributed by atoms with E-state index in [4.69, 9.17) is 16.1 Å². The Bertz CT molecular complexity index is 489. The summed E-state index contributed by atoms with van der Waals surface area (Å²) in [4.78, 5) is 5.22. The van der Waals surface area contributed by atoms with Crippen LogP contribution >= 0.6 is 23.4 Å². The number of benzene rings is 1. The molecule has 2 aromatic rings. The van der Waals surface area contributed by atoms with Crippen LogP contribution in [0.3, 0.4) is 0 Å². The maximum absolute atomic E-state index is 12.7. The lowest BCUT2D eigenvalue weighted by Gasteiger charge is -1.97. The Morgan fingerprint density at radius 3 is 2.78 bits per heavy atom. The fraction of sp³-hybridized carbons (Fsp3) is 0.333. The van der Waals surface area contributed by atoms with E-state index in [2.05, 4.69) is 10.1 Å².